The molecule has 0 aliphatic rings. The van der Waals surface area contributed by atoms with Gasteiger partial charge < -0.3 is 10.1 Å². The van der Waals surface area contributed by atoms with Gasteiger partial charge in [-0.05, 0) is 40.5 Å². The summed E-state index contributed by atoms with van der Waals surface area (Å²) in [4.78, 5) is 0. The molecule has 0 bridgehead atoms. The van der Waals surface area contributed by atoms with Crippen LogP contribution < -0.4 is 10.1 Å². The lowest BCUT2D eigenvalue weighted by Crippen LogP contribution is -2.19. The number of halogens is 2. The van der Waals surface area contributed by atoms with Crippen LogP contribution >= 0.6 is 15.9 Å². The molecule has 0 saturated carbocycles. The van der Waals surface area contributed by atoms with E-state index in [1.807, 2.05) is 30.3 Å². The van der Waals surface area contributed by atoms with Crippen LogP contribution in [0.3, 0.4) is 0 Å². The van der Waals surface area contributed by atoms with Crippen LogP contribution in [0, 0.1) is 5.82 Å². The highest BCUT2D eigenvalue weighted by Crippen LogP contribution is 2.26. The second-order valence-electron chi connectivity index (χ2n) is 4.56. The summed E-state index contributed by atoms with van der Waals surface area (Å²) in [7, 11) is 1.66. The second-order valence-corrected chi connectivity index (χ2v) is 5.35. The SMILES string of the molecule is COc1ccccc1[C@H](C)NCc1cccc(F)c1Br. The van der Waals surface area contributed by atoms with Crippen molar-refractivity contribution in [2.75, 3.05) is 7.11 Å². The van der Waals surface area contributed by atoms with E-state index in [0.29, 0.717) is 11.0 Å². The maximum atomic E-state index is 13.5. The molecule has 106 valence electrons. The third-order valence-electron chi connectivity index (χ3n) is 3.24. The molecule has 0 fully saturated rings. The predicted octanol–water partition coefficient (Wildman–Crippen LogP) is 4.45. The van der Waals surface area contributed by atoms with Crippen LogP contribution in [-0.2, 0) is 6.54 Å². The molecule has 2 aromatic carbocycles. The summed E-state index contributed by atoms with van der Waals surface area (Å²) in [6, 6.07) is 13.0. The normalized spacial score (nSPS) is 12.2. The number of benzene rings is 2. The molecule has 0 spiro atoms. The minimum absolute atomic E-state index is 0.112. The average molecular weight is 338 g/mol. The molecule has 0 unspecified atom stereocenters. The number of ether oxygens (including phenoxy) is 1. The van der Waals surface area contributed by atoms with Crippen molar-refractivity contribution in [2.24, 2.45) is 0 Å². The fraction of sp³-hybridized carbons (Fsp3) is 0.250. The van der Waals surface area contributed by atoms with E-state index in [2.05, 4.69) is 28.2 Å². The van der Waals surface area contributed by atoms with E-state index in [0.717, 1.165) is 16.9 Å². The van der Waals surface area contributed by atoms with Crippen LogP contribution in [0.1, 0.15) is 24.1 Å². The number of hydrogen-bond donors (Lipinski definition) is 1. The molecule has 0 amide bonds. The molecule has 2 nitrogen and oxygen atoms in total. The standard InChI is InChI=1S/C16H17BrFNO/c1-11(13-7-3-4-9-15(13)20-2)19-10-12-6-5-8-14(18)16(12)17/h3-9,11,19H,10H2,1-2H3/t11-/m0/s1. The molecule has 0 heterocycles. The number of rotatable bonds is 5. The van der Waals surface area contributed by atoms with Gasteiger partial charge in [-0.25, -0.2) is 4.39 Å². The molecule has 1 N–H and O–H groups in total. The summed E-state index contributed by atoms with van der Waals surface area (Å²) >= 11 is 3.27. The number of methoxy groups -OCH3 is 1. The van der Waals surface area contributed by atoms with Crippen molar-refractivity contribution in [1.29, 1.82) is 0 Å². The van der Waals surface area contributed by atoms with E-state index in [4.69, 9.17) is 4.74 Å². The average Bonchev–Trinajstić information content (AvgIpc) is 2.48. The zero-order valence-electron chi connectivity index (χ0n) is 11.5. The Kier molecular flexibility index (Phi) is 5.15. The Bertz CT molecular complexity index is 588. The van der Waals surface area contributed by atoms with E-state index >= 15 is 0 Å². The maximum absolute atomic E-state index is 13.5. The molecule has 2 rings (SSSR count). The van der Waals surface area contributed by atoms with E-state index < -0.39 is 0 Å². The Balaban J connectivity index is 2.09. The number of nitrogens with one attached hydrogen (secondary N) is 1. The van der Waals surface area contributed by atoms with Gasteiger partial charge in [-0.15, -0.1) is 0 Å². The first kappa shape index (κ1) is 15.0. The van der Waals surface area contributed by atoms with E-state index in [1.165, 1.54) is 6.07 Å². The lowest BCUT2D eigenvalue weighted by molar-refractivity contribution is 0.401. The quantitative estimate of drug-likeness (QED) is 0.870. The van der Waals surface area contributed by atoms with Gasteiger partial charge in [-0.3, -0.25) is 0 Å². The van der Waals surface area contributed by atoms with Crippen molar-refractivity contribution < 1.29 is 9.13 Å². The van der Waals surface area contributed by atoms with Crippen molar-refractivity contribution in [3.05, 3.63) is 63.9 Å². The van der Waals surface area contributed by atoms with Crippen LogP contribution in [0.2, 0.25) is 0 Å². The summed E-state index contributed by atoms with van der Waals surface area (Å²) < 4.78 is 19.3. The second kappa shape index (κ2) is 6.86. The fourth-order valence-corrected chi connectivity index (χ4v) is 2.49. The van der Waals surface area contributed by atoms with Crippen molar-refractivity contribution in [3.8, 4) is 5.75 Å². The molecule has 1 atom stereocenters. The van der Waals surface area contributed by atoms with Gasteiger partial charge in [0.1, 0.15) is 11.6 Å². The summed E-state index contributed by atoms with van der Waals surface area (Å²) in [6.07, 6.45) is 0. The Morgan fingerprint density at radius 1 is 1.20 bits per heavy atom. The zero-order valence-corrected chi connectivity index (χ0v) is 13.1. The van der Waals surface area contributed by atoms with E-state index in [9.17, 15) is 4.39 Å². The van der Waals surface area contributed by atoms with Crippen molar-refractivity contribution in [2.45, 2.75) is 19.5 Å². The number of para-hydroxylation sites is 1. The van der Waals surface area contributed by atoms with Crippen LogP contribution in [0.15, 0.2) is 46.9 Å². The highest BCUT2D eigenvalue weighted by molar-refractivity contribution is 9.10. The first-order valence-electron chi connectivity index (χ1n) is 6.42. The molecule has 0 radical (unpaired) electrons. The molecular weight excluding hydrogens is 321 g/mol. The Hall–Kier alpha value is -1.39. The highest BCUT2D eigenvalue weighted by atomic mass is 79.9. The zero-order chi connectivity index (χ0) is 14.5. The molecule has 0 aromatic heterocycles. The largest absolute Gasteiger partial charge is 0.496 e. The van der Waals surface area contributed by atoms with Crippen LogP contribution in [0.4, 0.5) is 4.39 Å². The van der Waals surface area contributed by atoms with Gasteiger partial charge >= 0.3 is 0 Å². The minimum atomic E-state index is -0.241. The molecule has 20 heavy (non-hydrogen) atoms. The Morgan fingerprint density at radius 2 is 1.95 bits per heavy atom. The topological polar surface area (TPSA) is 21.3 Å². The van der Waals surface area contributed by atoms with E-state index in [1.54, 1.807) is 13.2 Å². The summed E-state index contributed by atoms with van der Waals surface area (Å²) in [5, 5.41) is 3.38. The highest BCUT2D eigenvalue weighted by Gasteiger charge is 2.11. The Morgan fingerprint density at radius 3 is 2.70 bits per heavy atom. The fourth-order valence-electron chi connectivity index (χ4n) is 2.08. The van der Waals surface area contributed by atoms with Gasteiger partial charge in [0.15, 0.2) is 0 Å². The minimum Gasteiger partial charge on any atom is -0.496 e. The number of hydrogen-bond acceptors (Lipinski definition) is 2. The van der Waals surface area contributed by atoms with Gasteiger partial charge in [-0.2, -0.15) is 0 Å². The third kappa shape index (κ3) is 3.38. The van der Waals surface area contributed by atoms with Crippen molar-refractivity contribution in [1.82, 2.24) is 5.32 Å². The van der Waals surface area contributed by atoms with Gasteiger partial charge in [0.05, 0.1) is 11.6 Å². The first-order valence-corrected chi connectivity index (χ1v) is 7.22. The summed E-state index contributed by atoms with van der Waals surface area (Å²) in [6.45, 7) is 2.64. The third-order valence-corrected chi connectivity index (χ3v) is 4.12. The molecule has 0 aliphatic heterocycles. The van der Waals surface area contributed by atoms with Crippen LogP contribution in [-0.4, -0.2) is 7.11 Å². The molecular formula is C16H17BrFNO. The van der Waals surface area contributed by atoms with E-state index in [-0.39, 0.29) is 11.9 Å². The lowest BCUT2D eigenvalue weighted by Gasteiger charge is -2.17. The van der Waals surface area contributed by atoms with Crippen LogP contribution in [0.25, 0.3) is 0 Å². The Labute approximate surface area is 127 Å². The summed E-state index contributed by atoms with van der Waals surface area (Å²) in [5.41, 5.74) is 1.98. The molecule has 0 aliphatic carbocycles. The molecule has 0 saturated heterocycles. The van der Waals surface area contributed by atoms with Gasteiger partial charge in [0.2, 0.25) is 0 Å². The van der Waals surface area contributed by atoms with Gasteiger partial charge in [-0.1, -0.05) is 30.3 Å². The van der Waals surface area contributed by atoms with Crippen LogP contribution in [0.5, 0.6) is 5.75 Å². The van der Waals surface area contributed by atoms with Crippen molar-refractivity contribution in [3.63, 3.8) is 0 Å². The smallest absolute Gasteiger partial charge is 0.137 e. The maximum Gasteiger partial charge on any atom is 0.137 e. The first-order chi connectivity index (χ1) is 9.63. The lowest BCUT2D eigenvalue weighted by atomic mass is 10.1. The molecule has 2 aromatic rings. The summed E-state index contributed by atoms with van der Waals surface area (Å²) in [5.74, 6) is 0.611. The van der Waals surface area contributed by atoms with Gasteiger partial charge in [0, 0.05) is 18.2 Å². The van der Waals surface area contributed by atoms with Gasteiger partial charge in [0.25, 0.3) is 0 Å². The molecule has 4 heteroatoms. The monoisotopic (exact) mass is 337 g/mol. The van der Waals surface area contributed by atoms with Crippen molar-refractivity contribution >= 4 is 15.9 Å². The predicted molar refractivity (Wildman–Crippen MR) is 82.3 cm³/mol.